The molecular weight excluding hydrogens is 459 g/mol. The number of hydrogen-bond donors (Lipinski definition) is 2. The number of alkyl carbamates (subject to hydrolysis) is 1. The van der Waals surface area contributed by atoms with Gasteiger partial charge in [0.25, 0.3) is 0 Å². The second-order valence-electron chi connectivity index (χ2n) is 8.43. The van der Waals surface area contributed by atoms with Crippen molar-refractivity contribution in [1.29, 1.82) is 0 Å². The monoisotopic (exact) mass is 496 g/mol. The van der Waals surface area contributed by atoms with Gasteiger partial charge in [0.2, 0.25) is 0 Å². The smallest absolute Gasteiger partial charge is 0.407 e. The Hall–Kier alpha value is -0.770. The van der Waals surface area contributed by atoms with E-state index in [-0.39, 0.29) is 36.1 Å². The first-order valence-corrected chi connectivity index (χ1v) is 9.80. The maximum Gasteiger partial charge on any atom is 0.407 e. The minimum Gasteiger partial charge on any atom is -0.444 e. The molecule has 2 aliphatic rings. The Labute approximate surface area is 181 Å². The molecule has 0 aromatic carbocycles. The van der Waals surface area contributed by atoms with E-state index in [2.05, 4.69) is 20.5 Å². The second-order valence-corrected chi connectivity index (χ2v) is 8.43. The van der Waals surface area contributed by atoms with Crippen LogP contribution in [0.5, 0.6) is 0 Å². The fourth-order valence-corrected chi connectivity index (χ4v) is 3.27. The van der Waals surface area contributed by atoms with Gasteiger partial charge in [-0.3, -0.25) is 4.99 Å². The number of halogens is 1. The number of carbonyl (C=O) groups excluding carboxylic acids is 1. The average molecular weight is 496 g/mol. The molecule has 1 heterocycles. The summed E-state index contributed by atoms with van der Waals surface area (Å²) in [6.07, 6.45) is 4.17. The summed E-state index contributed by atoms with van der Waals surface area (Å²) in [6.45, 7) is 11.8. The van der Waals surface area contributed by atoms with Gasteiger partial charge in [0.15, 0.2) is 5.96 Å². The predicted molar refractivity (Wildman–Crippen MR) is 119 cm³/mol. The molecule has 2 fully saturated rings. The van der Waals surface area contributed by atoms with E-state index in [0.717, 1.165) is 51.6 Å². The molecule has 2 N–H and O–H groups in total. The second kappa shape index (κ2) is 10.7. The third-order valence-corrected chi connectivity index (χ3v) is 4.98. The van der Waals surface area contributed by atoms with Crippen LogP contribution in [-0.4, -0.2) is 68.5 Å². The maximum absolute atomic E-state index is 11.9. The predicted octanol–water partition coefficient (Wildman–Crippen LogP) is 2.99. The fourth-order valence-electron chi connectivity index (χ4n) is 3.27. The first-order chi connectivity index (χ1) is 12.3. The Balaban J connectivity index is 0.00000364. The normalized spacial score (nSPS) is 21.4. The number of likely N-dealkylation sites (tertiary alicyclic amines) is 1. The van der Waals surface area contributed by atoms with Crippen LogP contribution in [-0.2, 0) is 9.47 Å². The molecule has 8 heteroatoms. The number of ether oxygens (including phenoxy) is 2. The molecule has 2 rings (SSSR count). The third-order valence-electron chi connectivity index (χ3n) is 4.98. The summed E-state index contributed by atoms with van der Waals surface area (Å²) in [6, 6.07) is 0.0937. The van der Waals surface area contributed by atoms with Crippen LogP contribution >= 0.6 is 24.0 Å². The summed E-state index contributed by atoms with van der Waals surface area (Å²) in [5, 5.41) is 6.49. The molecule has 1 saturated carbocycles. The number of amides is 1. The van der Waals surface area contributed by atoms with E-state index in [4.69, 9.17) is 9.47 Å². The molecule has 1 aliphatic heterocycles. The van der Waals surface area contributed by atoms with Crippen LogP contribution in [0.4, 0.5) is 4.79 Å². The van der Waals surface area contributed by atoms with Crippen molar-refractivity contribution in [2.75, 3.05) is 39.9 Å². The topological polar surface area (TPSA) is 75.2 Å². The lowest BCUT2D eigenvalue weighted by atomic mass is 10.0. The molecule has 0 aromatic heterocycles. The standard InChI is InChI=1S/C19H36N4O3.HI/c1-6-25-12-10-19(8-9-19)14-21-16(20-5)23-11-7-15(13-23)22-17(24)26-18(2,3)4;/h15H,6-14H2,1-5H3,(H,20,21)(H,22,24);1H/t15-;/m1./s1. The van der Waals surface area contributed by atoms with Crippen LogP contribution in [0.3, 0.4) is 0 Å². The van der Waals surface area contributed by atoms with Crippen LogP contribution in [0.25, 0.3) is 0 Å². The van der Waals surface area contributed by atoms with Gasteiger partial charge in [-0.1, -0.05) is 0 Å². The largest absolute Gasteiger partial charge is 0.444 e. The van der Waals surface area contributed by atoms with Crippen molar-refractivity contribution < 1.29 is 14.3 Å². The summed E-state index contributed by atoms with van der Waals surface area (Å²) in [5.41, 5.74) is -0.0982. The van der Waals surface area contributed by atoms with Crippen LogP contribution in [0.1, 0.15) is 53.4 Å². The minimum atomic E-state index is -0.472. The number of nitrogens with zero attached hydrogens (tertiary/aromatic N) is 2. The van der Waals surface area contributed by atoms with Crippen LogP contribution in [0.2, 0.25) is 0 Å². The number of carbonyl (C=O) groups is 1. The first kappa shape index (κ1) is 24.3. The zero-order valence-corrected chi connectivity index (χ0v) is 19.8. The lowest BCUT2D eigenvalue weighted by Crippen LogP contribution is -2.45. The summed E-state index contributed by atoms with van der Waals surface area (Å²) >= 11 is 0. The van der Waals surface area contributed by atoms with Gasteiger partial charge in [0, 0.05) is 39.9 Å². The van der Waals surface area contributed by atoms with Gasteiger partial charge in [-0.2, -0.15) is 0 Å². The average Bonchev–Trinajstić information content (AvgIpc) is 3.16. The molecule has 0 spiro atoms. The van der Waals surface area contributed by atoms with Crippen molar-refractivity contribution in [2.24, 2.45) is 10.4 Å². The van der Waals surface area contributed by atoms with Gasteiger partial charge >= 0.3 is 6.09 Å². The highest BCUT2D eigenvalue weighted by Crippen LogP contribution is 2.48. The van der Waals surface area contributed by atoms with Crippen LogP contribution < -0.4 is 10.6 Å². The molecule has 0 bridgehead atoms. The van der Waals surface area contributed by atoms with E-state index in [1.54, 1.807) is 0 Å². The van der Waals surface area contributed by atoms with Crippen molar-refractivity contribution in [3.63, 3.8) is 0 Å². The van der Waals surface area contributed by atoms with Crippen molar-refractivity contribution in [3.8, 4) is 0 Å². The van der Waals surface area contributed by atoms with Gasteiger partial charge in [0.05, 0.1) is 6.04 Å². The Kier molecular flexibility index (Phi) is 9.61. The van der Waals surface area contributed by atoms with Gasteiger partial charge in [-0.15, -0.1) is 24.0 Å². The molecular formula is C19H37IN4O3. The lowest BCUT2D eigenvalue weighted by Gasteiger charge is -2.25. The molecule has 27 heavy (non-hydrogen) atoms. The lowest BCUT2D eigenvalue weighted by molar-refractivity contribution is 0.0507. The van der Waals surface area contributed by atoms with E-state index >= 15 is 0 Å². The van der Waals surface area contributed by atoms with Crippen molar-refractivity contribution >= 4 is 36.0 Å². The molecule has 7 nitrogen and oxygen atoms in total. The molecule has 1 atom stereocenters. The molecule has 1 saturated heterocycles. The van der Waals surface area contributed by atoms with E-state index in [0.29, 0.717) is 5.41 Å². The van der Waals surface area contributed by atoms with Crippen molar-refractivity contribution in [1.82, 2.24) is 15.5 Å². The molecule has 1 amide bonds. The minimum absolute atomic E-state index is 0. The van der Waals surface area contributed by atoms with Crippen LogP contribution in [0, 0.1) is 5.41 Å². The maximum atomic E-state index is 11.9. The molecule has 1 aliphatic carbocycles. The van der Waals surface area contributed by atoms with E-state index < -0.39 is 5.60 Å². The number of rotatable bonds is 7. The number of hydrogen-bond acceptors (Lipinski definition) is 4. The summed E-state index contributed by atoms with van der Waals surface area (Å²) in [7, 11) is 1.82. The Morgan fingerprint density at radius 2 is 2.04 bits per heavy atom. The van der Waals surface area contributed by atoms with Gasteiger partial charge in [-0.05, 0) is 58.8 Å². The SMILES string of the molecule is CCOCCC1(CNC(=NC)N2CC[C@@H](NC(=O)OC(C)(C)C)C2)CC1.I. The number of aliphatic imine (C=N–C) groups is 1. The first-order valence-electron chi connectivity index (χ1n) is 9.80. The van der Waals surface area contributed by atoms with E-state index in [1.165, 1.54) is 12.8 Å². The van der Waals surface area contributed by atoms with Crippen LogP contribution in [0.15, 0.2) is 4.99 Å². The number of guanidine groups is 1. The molecule has 0 unspecified atom stereocenters. The highest BCUT2D eigenvalue weighted by atomic mass is 127. The summed E-state index contributed by atoms with van der Waals surface area (Å²) < 4.78 is 10.8. The van der Waals surface area contributed by atoms with Gasteiger partial charge in [-0.25, -0.2) is 4.79 Å². The molecule has 0 radical (unpaired) electrons. The van der Waals surface area contributed by atoms with E-state index in [9.17, 15) is 4.79 Å². The van der Waals surface area contributed by atoms with E-state index in [1.807, 2.05) is 34.7 Å². The van der Waals surface area contributed by atoms with Crippen molar-refractivity contribution in [2.45, 2.75) is 65.0 Å². The quantitative estimate of drug-likeness (QED) is 0.245. The highest BCUT2D eigenvalue weighted by Gasteiger charge is 2.42. The summed E-state index contributed by atoms with van der Waals surface area (Å²) in [4.78, 5) is 18.6. The van der Waals surface area contributed by atoms with Gasteiger partial charge < -0.3 is 25.0 Å². The van der Waals surface area contributed by atoms with Gasteiger partial charge in [0.1, 0.15) is 5.60 Å². The highest BCUT2D eigenvalue weighted by molar-refractivity contribution is 14.0. The zero-order chi connectivity index (χ0) is 19.2. The molecule has 158 valence electrons. The summed E-state index contributed by atoms with van der Waals surface area (Å²) in [5.74, 6) is 0.918. The number of nitrogens with one attached hydrogen (secondary N) is 2. The Morgan fingerprint density at radius 1 is 1.33 bits per heavy atom. The Morgan fingerprint density at radius 3 is 2.59 bits per heavy atom. The zero-order valence-electron chi connectivity index (χ0n) is 17.5. The fraction of sp³-hybridized carbons (Fsp3) is 0.895. The van der Waals surface area contributed by atoms with Crippen molar-refractivity contribution in [3.05, 3.63) is 0 Å². The Bertz CT molecular complexity index is 504. The third kappa shape index (κ3) is 8.41. The molecule has 0 aromatic rings.